The van der Waals surface area contributed by atoms with Crippen LogP contribution in [0.4, 0.5) is 23.1 Å². The molecule has 0 bridgehead atoms. The van der Waals surface area contributed by atoms with Gasteiger partial charge in [0.15, 0.2) is 15.7 Å². The monoisotopic (exact) mass is 571 g/mol. The lowest BCUT2D eigenvalue weighted by atomic mass is 9.80. The molecule has 0 atom stereocenters. The molecule has 8 nitrogen and oxygen atoms in total. The number of nitrogens with zero attached hydrogens (tertiary/aromatic N) is 3. The minimum Gasteiger partial charge on any atom is -0.495 e. The van der Waals surface area contributed by atoms with Crippen LogP contribution < -0.4 is 15.4 Å². The van der Waals surface area contributed by atoms with Gasteiger partial charge in [-0.3, -0.25) is 0 Å². The molecule has 1 aliphatic carbocycles. The van der Waals surface area contributed by atoms with Gasteiger partial charge in [-0.05, 0) is 102 Å². The minimum absolute atomic E-state index is 0.191. The standard InChI is InChI=1S/C29H38ClN5O3S/c1-18(2)39(36,37)27-10-8-7-9-24(27)32-28-23(30)17-31-29(34-28)33-25-15-19(3)22(16-26(25)38-6)20-11-13-21(14-12-20)35(4)5/h7-10,15-18,20-21H,11-14H2,1-6H3,(H2,31,32,33,34). The molecule has 1 aromatic heterocycles. The zero-order valence-electron chi connectivity index (χ0n) is 23.5. The number of nitrogens with one attached hydrogen (secondary N) is 2. The number of sulfone groups is 1. The molecule has 0 radical (unpaired) electrons. The van der Waals surface area contributed by atoms with Crippen molar-refractivity contribution < 1.29 is 13.2 Å². The van der Waals surface area contributed by atoms with E-state index >= 15 is 0 Å². The van der Waals surface area contributed by atoms with E-state index < -0.39 is 15.1 Å². The second-order valence-corrected chi connectivity index (χ2v) is 13.5. The maximum absolute atomic E-state index is 12.9. The fourth-order valence-electron chi connectivity index (χ4n) is 5.15. The summed E-state index contributed by atoms with van der Waals surface area (Å²) >= 11 is 6.41. The summed E-state index contributed by atoms with van der Waals surface area (Å²) in [6.45, 7) is 5.43. The molecule has 1 saturated carbocycles. The molecule has 3 aromatic rings. The number of hydrogen-bond donors (Lipinski definition) is 2. The summed E-state index contributed by atoms with van der Waals surface area (Å²) in [5.74, 6) is 1.83. The summed E-state index contributed by atoms with van der Waals surface area (Å²) in [5.41, 5.74) is 3.65. The second-order valence-electron chi connectivity index (χ2n) is 10.6. The highest BCUT2D eigenvalue weighted by atomic mass is 35.5. The maximum Gasteiger partial charge on any atom is 0.229 e. The first-order valence-corrected chi connectivity index (χ1v) is 15.2. The molecule has 0 amide bonds. The van der Waals surface area contributed by atoms with Crippen molar-refractivity contribution in [2.45, 2.75) is 68.6 Å². The number of aromatic nitrogens is 2. The van der Waals surface area contributed by atoms with E-state index in [0.717, 1.165) is 18.5 Å². The first-order chi connectivity index (χ1) is 18.5. The Hall–Kier alpha value is -2.88. The lowest BCUT2D eigenvalue weighted by Crippen LogP contribution is -2.31. The number of anilines is 4. The topological polar surface area (TPSA) is 96.5 Å². The summed E-state index contributed by atoms with van der Waals surface area (Å²) in [6.07, 6.45) is 6.17. The van der Waals surface area contributed by atoms with Gasteiger partial charge in [0.1, 0.15) is 10.8 Å². The van der Waals surface area contributed by atoms with Crippen LogP contribution in [0, 0.1) is 6.92 Å². The van der Waals surface area contributed by atoms with Crippen LogP contribution in [-0.2, 0) is 9.84 Å². The quantitative estimate of drug-likeness (QED) is 0.293. The van der Waals surface area contributed by atoms with Crippen molar-refractivity contribution in [2.24, 2.45) is 0 Å². The maximum atomic E-state index is 12.9. The highest BCUT2D eigenvalue weighted by Gasteiger charge is 2.26. The Morgan fingerprint density at radius 3 is 2.38 bits per heavy atom. The van der Waals surface area contributed by atoms with Crippen molar-refractivity contribution in [1.29, 1.82) is 0 Å². The fourth-order valence-corrected chi connectivity index (χ4v) is 6.49. The van der Waals surface area contributed by atoms with Crippen molar-refractivity contribution in [2.75, 3.05) is 31.8 Å². The Kier molecular flexibility index (Phi) is 9.03. The van der Waals surface area contributed by atoms with Gasteiger partial charge in [0.05, 0.1) is 34.8 Å². The van der Waals surface area contributed by atoms with Gasteiger partial charge >= 0.3 is 0 Å². The SMILES string of the molecule is COc1cc(C2CCC(N(C)C)CC2)c(C)cc1Nc1ncc(Cl)c(Nc2ccccc2S(=O)(=O)C(C)C)n1. The third-order valence-electron chi connectivity index (χ3n) is 7.51. The van der Waals surface area contributed by atoms with E-state index in [9.17, 15) is 8.42 Å². The molecule has 10 heteroatoms. The van der Waals surface area contributed by atoms with E-state index in [2.05, 4.69) is 58.7 Å². The molecule has 0 unspecified atom stereocenters. The van der Waals surface area contributed by atoms with Crippen molar-refractivity contribution in [1.82, 2.24) is 14.9 Å². The number of hydrogen-bond acceptors (Lipinski definition) is 8. The smallest absolute Gasteiger partial charge is 0.229 e. The molecule has 0 saturated heterocycles. The minimum atomic E-state index is -3.52. The van der Waals surface area contributed by atoms with E-state index in [1.165, 1.54) is 30.2 Å². The number of benzene rings is 2. The summed E-state index contributed by atoms with van der Waals surface area (Å²) in [6, 6.07) is 11.6. The lowest BCUT2D eigenvalue weighted by molar-refractivity contribution is 0.216. The Bertz CT molecular complexity index is 1420. The van der Waals surface area contributed by atoms with Gasteiger partial charge < -0.3 is 20.3 Å². The van der Waals surface area contributed by atoms with Gasteiger partial charge in [0.2, 0.25) is 5.95 Å². The first kappa shape index (κ1) is 29.1. The molecule has 1 heterocycles. The molecule has 4 rings (SSSR count). The van der Waals surface area contributed by atoms with Crippen LogP contribution >= 0.6 is 11.6 Å². The first-order valence-electron chi connectivity index (χ1n) is 13.3. The third-order valence-corrected chi connectivity index (χ3v) is 10.00. The number of para-hydroxylation sites is 1. The molecule has 1 fully saturated rings. The molecule has 1 aliphatic rings. The predicted molar refractivity (Wildman–Crippen MR) is 159 cm³/mol. The van der Waals surface area contributed by atoms with E-state index in [0.29, 0.717) is 35.2 Å². The summed E-state index contributed by atoms with van der Waals surface area (Å²) in [7, 11) is 2.46. The molecular weight excluding hydrogens is 534 g/mol. The van der Waals surface area contributed by atoms with Gasteiger partial charge in [-0.25, -0.2) is 13.4 Å². The largest absolute Gasteiger partial charge is 0.495 e. The van der Waals surface area contributed by atoms with Crippen LogP contribution in [0.25, 0.3) is 0 Å². The van der Waals surface area contributed by atoms with Gasteiger partial charge in [-0.1, -0.05) is 23.7 Å². The highest BCUT2D eigenvalue weighted by Crippen LogP contribution is 2.40. The van der Waals surface area contributed by atoms with Gasteiger partial charge in [-0.2, -0.15) is 4.98 Å². The molecular formula is C29H38ClN5O3S. The fraction of sp³-hybridized carbons (Fsp3) is 0.448. The zero-order valence-corrected chi connectivity index (χ0v) is 25.0. The van der Waals surface area contributed by atoms with Crippen LogP contribution in [0.2, 0.25) is 5.02 Å². The van der Waals surface area contributed by atoms with Crippen molar-refractivity contribution in [3.05, 3.63) is 58.7 Å². The number of aryl methyl sites for hydroxylation is 1. The Morgan fingerprint density at radius 1 is 1.05 bits per heavy atom. The van der Waals surface area contributed by atoms with E-state index in [1.54, 1.807) is 45.2 Å². The molecule has 2 N–H and O–H groups in total. The number of ether oxygens (including phenoxy) is 1. The number of methoxy groups -OCH3 is 1. The number of rotatable bonds is 9. The highest BCUT2D eigenvalue weighted by molar-refractivity contribution is 7.92. The van der Waals surface area contributed by atoms with Crippen molar-refractivity contribution in [3.8, 4) is 5.75 Å². The number of halogens is 1. The lowest BCUT2D eigenvalue weighted by Gasteiger charge is -2.33. The van der Waals surface area contributed by atoms with Crippen LogP contribution in [0.5, 0.6) is 5.75 Å². The van der Waals surface area contributed by atoms with Crippen LogP contribution in [0.15, 0.2) is 47.5 Å². The summed E-state index contributed by atoms with van der Waals surface area (Å²) in [4.78, 5) is 11.4. The van der Waals surface area contributed by atoms with Crippen LogP contribution in [-0.4, -0.2) is 55.8 Å². The summed E-state index contributed by atoms with van der Waals surface area (Å²) in [5, 5.41) is 6.06. The van der Waals surface area contributed by atoms with Crippen LogP contribution in [0.1, 0.15) is 56.6 Å². The van der Waals surface area contributed by atoms with E-state index in [4.69, 9.17) is 16.3 Å². The van der Waals surface area contributed by atoms with Gasteiger partial charge in [-0.15, -0.1) is 0 Å². The zero-order chi connectivity index (χ0) is 28.3. The van der Waals surface area contributed by atoms with Gasteiger partial charge in [0.25, 0.3) is 0 Å². The molecule has 2 aromatic carbocycles. The summed E-state index contributed by atoms with van der Waals surface area (Å²) < 4.78 is 31.5. The van der Waals surface area contributed by atoms with Crippen molar-refractivity contribution >= 4 is 44.6 Å². The Balaban J connectivity index is 1.59. The van der Waals surface area contributed by atoms with E-state index in [-0.39, 0.29) is 9.92 Å². The predicted octanol–water partition coefficient (Wildman–Crippen LogP) is 6.70. The van der Waals surface area contributed by atoms with Crippen molar-refractivity contribution in [3.63, 3.8) is 0 Å². The molecule has 210 valence electrons. The van der Waals surface area contributed by atoms with Gasteiger partial charge in [0, 0.05) is 6.04 Å². The third kappa shape index (κ3) is 6.48. The second kappa shape index (κ2) is 12.1. The normalized spacial score (nSPS) is 17.9. The average Bonchev–Trinajstić information content (AvgIpc) is 2.91. The molecule has 0 aliphatic heterocycles. The average molecular weight is 572 g/mol. The molecule has 39 heavy (non-hydrogen) atoms. The Morgan fingerprint density at radius 2 is 1.74 bits per heavy atom. The molecule has 0 spiro atoms. The van der Waals surface area contributed by atoms with E-state index in [1.807, 2.05) is 0 Å². The Labute approximate surface area is 237 Å². The van der Waals surface area contributed by atoms with Crippen LogP contribution in [0.3, 0.4) is 0 Å².